The van der Waals surface area contributed by atoms with Gasteiger partial charge in [0.1, 0.15) is 5.78 Å². The van der Waals surface area contributed by atoms with Crippen molar-refractivity contribution in [1.82, 2.24) is 4.90 Å². The van der Waals surface area contributed by atoms with Gasteiger partial charge in [-0.1, -0.05) is 33.1 Å². The second-order valence-corrected chi connectivity index (χ2v) is 6.72. The summed E-state index contributed by atoms with van der Waals surface area (Å²) in [5, 5.41) is 0. The molecule has 2 heteroatoms. The number of carbonyl (C=O) groups excluding carboxylic acids is 1. The molecule has 0 heterocycles. The highest BCUT2D eigenvalue weighted by Crippen LogP contribution is 2.38. The molecule has 0 amide bonds. The predicted octanol–water partition coefficient (Wildman–Crippen LogP) is 3.26. The van der Waals surface area contributed by atoms with Crippen molar-refractivity contribution in [2.45, 2.75) is 64.8 Å². The Labute approximate surface area is 106 Å². The molecule has 2 nitrogen and oxygen atoms in total. The first kappa shape index (κ1) is 13.1. The number of rotatable bonds is 3. The zero-order valence-electron chi connectivity index (χ0n) is 11.7. The van der Waals surface area contributed by atoms with Crippen molar-refractivity contribution in [1.29, 1.82) is 0 Å². The maximum Gasteiger partial charge on any atom is 0.142 e. The number of Topliss-reactive ketones (excluding diaryl/α,β-unsaturated/α-hetero) is 1. The highest BCUT2D eigenvalue weighted by atomic mass is 16.1. The van der Waals surface area contributed by atoms with Gasteiger partial charge in [-0.25, -0.2) is 0 Å². The zero-order chi connectivity index (χ0) is 12.5. The third-order valence-corrected chi connectivity index (χ3v) is 4.86. The zero-order valence-corrected chi connectivity index (χ0v) is 11.7. The molecule has 0 saturated heterocycles. The maximum atomic E-state index is 12.2. The van der Waals surface area contributed by atoms with Crippen molar-refractivity contribution in [3.63, 3.8) is 0 Å². The highest BCUT2D eigenvalue weighted by Gasteiger charge is 2.40. The first-order valence-corrected chi connectivity index (χ1v) is 7.25. The van der Waals surface area contributed by atoms with Crippen LogP contribution in [0.15, 0.2) is 0 Å². The molecule has 0 radical (unpaired) electrons. The van der Waals surface area contributed by atoms with E-state index in [1.807, 2.05) is 0 Å². The van der Waals surface area contributed by atoms with Crippen molar-refractivity contribution in [3.05, 3.63) is 0 Å². The second-order valence-electron chi connectivity index (χ2n) is 6.72. The molecule has 98 valence electrons. The summed E-state index contributed by atoms with van der Waals surface area (Å²) in [5.41, 5.74) is -0.0575. The van der Waals surface area contributed by atoms with Crippen molar-refractivity contribution >= 4 is 5.78 Å². The molecular weight excluding hydrogens is 210 g/mol. The summed E-state index contributed by atoms with van der Waals surface area (Å²) in [7, 11) is 2.22. The van der Waals surface area contributed by atoms with Crippen molar-refractivity contribution in [2.24, 2.45) is 11.3 Å². The van der Waals surface area contributed by atoms with Gasteiger partial charge in [0.25, 0.3) is 0 Å². The van der Waals surface area contributed by atoms with E-state index < -0.39 is 0 Å². The van der Waals surface area contributed by atoms with Gasteiger partial charge in [0.2, 0.25) is 0 Å². The normalized spacial score (nSPS) is 30.1. The summed E-state index contributed by atoms with van der Waals surface area (Å²) >= 11 is 0. The Kier molecular flexibility index (Phi) is 3.92. The van der Waals surface area contributed by atoms with Gasteiger partial charge < -0.3 is 4.90 Å². The molecule has 1 unspecified atom stereocenters. The average molecular weight is 237 g/mol. The van der Waals surface area contributed by atoms with E-state index in [0.29, 0.717) is 11.7 Å². The topological polar surface area (TPSA) is 20.3 Å². The standard InChI is InChI=1S/C15H27NO/c1-15(2)10-9-12(14(15)17)11-16(3)13-7-5-4-6-8-13/h12-13H,4-11H2,1-3H3. The summed E-state index contributed by atoms with van der Waals surface area (Å²) in [4.78, 5) is 14.7. The van der Waals surface area contributed by atoms with Gasteiger partial charge >= 0.3 is 0 Å². The molecule has 2 fully saturated rings. The van der Waals surface area contributed by atoms with Crippen LogP contribution in [-0.2, 0) is 4.79 Å². The lowest BCUT2D eigenvalue weighted by Gasteiger charge is -2.32. The number of hydrogen-bond acceptors (Lipinski definition) is 2. The fourth-order valence-corrected chi connectivity index (χ4v) is 3.53. The Morgan fingerprint density at radius 1 is 1.18 bits per heavy atom. The van der Waals surface area contributed by atoms with Gasteiger partial charge in [-0.3, -0.25) is 4.79 Å². The molecule has 0 aromatic carbocycles. The highest BCUT2D eigenvalue weighted by molar-refractivity contribution is 5.88. The molecular formula is C15H27NO. The summed E-state index contributed by atoms with van der Waals surface area (Å²) in [5.74, 6) is 0.803. The maximum absolute atomic E-state index is 12.2. The minimum Gasteiger partial charge on any atom is -0.303 e. The summed E-state index contributed by atoms with van der Waals surface area (Å²) < 4.78 is 0. The van der Waals surface area contributed by atoms with E-state index in [0.717, 1.165) is 25.4 Å². The van der Waals surface area contributed by atoms with Crippen molar-refractivity contribution in [3.8, 4) is 0 Å². The smallest absolute Gasteiger partial charge is 0.142 e. The van der Waals surface area contributed by atoms with Crippen LogP contribution < -0.4 is 0 Å². The monoisotopic (exact) mass is 237 g/mol. The quantitative estimate of drug-likeness (QED) is 0.751. The first-order valence-electron chi connectivity index (χ1n) is 7.25. The number of ketones is 1. The second kappa shape index (κ2) is 5.09. The fourth-order valence-electron chi connectivity index (χ4n) is 3.53. The van der Waals surface area contributed by atoms with Crippen LogP contribution in [0.3, 0.4) is 0 Å². The molecule has 2 aliphatic carbocycles. The van der Waals surface area contributed by atoms with E-state index >= 15 is 0 Å². The van der Waals surface area contributed by atoms with E-state index in [-0.39, 0.29) is 5.41 Å². The molecule has 0 bridgehead atoms. The Balaban J connectivity index is 1.86. The molecule has 0 aromatic rings. The average Bonchev–Trinajstić information content (AvgIpc) is 2.57. The summed E-state index contributed by atoms with van der Waals surface area (Å²) in [6.45, 7) is 5.21. The molecule has 0 spiro atoms. The molecule has 0 aliphatic heterocycles. The summed E-state index contributed by atoms with van der Waals surface area (Å²) in [6.07, 6.45) is 9.00. The third kappa shape index (κ3) is 2.90. The minimum atomic E-state index is -0.0575. The van der Waals surface area contributed by atoms with Gasteiger partial charge in [-0.15, -0.1) is 0 Å². The third-order valence-electron chi connectivity index (χ3n) is 4.86. The molecule has 2 aliphatic rings. The van der Waals surface area contributed by atoms with Crippen LogP contribution in [0.25, 0.3) is 0 Å². The Morgan fingerprint density at radius 3 is 2.35 bits per heavy atom. The Bertz CT molecular complexity index is 279. The van der Waals surface area contributed by atoms with Gasteiger partial charge in [0.15, 0.2) is 0 Å². The van der Waals surface area contributed by atoms with Crippen LogP contribution in [0.4, 0.5) is 0 Å². The molecule has 0 N–H and O–H groups in total. The van der Waals surface area contributed by atoms with Gasteiger partial charge in [-0.05, 0) is 32.7 Å². The Morgan fingerprint density at radius 2 is 1.82 bits per heavy atom. The molecule has 2 rings (SSSR count). The number of nitrogens with zero attached hydrogens (tertiary/aromatic N) is 1. The first-order chi connectivity index (χ1) is 8.00. The Hall–Kier alpha value is -0.370. The van der Waals surface area contributed by atoms with Crippen LogP contribution in [0.5, 0.6) is 0 Å². The predicted molar refractivity (Wildman–Crippen MR) is 71.0 cm³/mol. The van der Waals surface area contributed by atoms with Gasteiger partial charge in [-0.2, -0.15) is 0 Å². The van der Waals surface area contributed by atoms with Crippen LogP contribution >= 0.6 is 0 Å². The van der Waals surface area contributed by atoms with Gasteiger partial charge in [0.05, 0.1) is 0 Å². The minimum absolute atomic E-state index is 0.0575. The van der Waals surface area contributed by atoms with E-state index in [1.165, 1.54) is 32.1 Å². The van der Waals surface area contributed by atoms with E-state index in [1.54, 1.807) is 0 Å². The lowest BCUT2D eigenvalue weighted by Crippen LogP contribution is -2.38. The SMILES string of the molecule is CN(CC1CCC(C)(C)C1=O)C1CCCCC1. The van der Waals surface area contributed by atoms with Crippen LogP contribution in [0.1, 0.15) is 58.8 Å². The molecule has 17 heavy (non-hydrogen) atoms. The lowest BCUT2D eigenvalue weighted by molar-refractivity contribution is -0.128. The van der Waals surface area contributed by atoms with Crippen LogP contribution in [-0.4, -0.2) is 30.3 Å². The lowest BCUT2D eigenvalue weighted by atomic mass is 9.88. The van der Waals surface area contributed by atoms with Crippen LogP contribution in [0.2, 0.25) is 0 Å². The number of carbonyl (C=O) groups is 1. The molecule has 2 saturated carbocycles. The summed E-state index contributed by atoms with van der Waals surface area (Å²) in [6, 6.07) is 0.736. The fraction of sp³-hybridized carbons (Fsp3) is 0.933. The van der Waals surface area contributed by atoms with Gasteiger partial charge in [0, 0.05) is 23.9 Å². The van der Waals surface area contributed by atoms with Crippen molar-refractivity contribution < 1.29 is 4.79 Å². The van der Waals surface area contributed by atoms with Crippen LogP contribution in [0, 0.1) is 11.3 Å². The van der Waals surface area contributed by atoms with Crippen molar-refractivity contribution in [2.75, 3.05) is 13.6 Å². The molecule has 0 aromatic heterocycles. The number of hydrogen-bond donors (Lipinski definition) is 0. The van der Waals surface area contributed by atoms with E-state index in [2.05, 4.69) is 25.8 Å². The van der Waals surface area contributed by atoms with E-state index in [4.69, 9.17) is 0 Å². The molecule has 1 atom stereocenters. The van der Waals surface area contributed by atoms with E-state index in [9.17, 15) is 4.79 Å². The largest absolute Gasteiger partial charge is 0.303 e.